The highest BCUT2D eigenvalue weighted by Gasteiger charge is 2.36. The third-order valence-electron chi connectivity index (χ3n) is 4.87. The second-order valence-electron chi connectivity index (χ2n) is 6.45. The van der Waals surface area contributed by atoms with Crippen LogP contribution < -0.4 is 9.47 Å². The largest absolute Gasteiger partial charge is 0.459 e. The zero-order chi connectivity index (χ0) is 17.7. The maximum atomic E-state index is 13.0. The van der Waals surface area contributed by atoms with E-state index in [4.69, 9.17) is 13.9 Å². The van der Waals surface area contributed by atoms with Gasteiger partial charge in [-0.05, 0) is 47.9 Å². The summed E-state index contributed by atoms with van der Waals surface area (Å²) in [5, 5.41) is 4.56. The van der Waals surface area contributed by atoms with Crippen LogP contribution >= 0.6 is 0 Å². The van der Waals surface area contributed by atoms with E-state index in [1.54, 1.807) is 16.8 Å². The van der Waals surface area contributed by atoms with Crippen LogP contribution in [0, 0.1) is 0 Å². The van der Waals surface area contributed by atoms with Gasteiger partial charge in [-0.15, -0.1) is 0 Å². The first-order valence-electron chi connectivity index (χ1n) is 8.47. The molecule has 0 unspecified atom stereocenters. The van der Waals surface area contributed by atoms with Crippen molar-refractivity contribution >= 4 is 5.91 Å². The van der Waals surface area contributed by atoms with Gasteiger partial charge in [0.2, 0.25) is 6.79 Å². The van der Waals surface area contributed by atoms with Crippen LogP contribution in [0.1, 0.15) is 33.4 Å². The Morgan fingerprint density at radius 3 is 2.81 bits per heavy atom. The number of carbonyl (C=O) groups excluding carboxylic acids is 1. The molecular formula is C19H17N3O4. The smallest absolute Gasteiger partial charge is 0.290 e. The maximum Gasteiger partial charge on any atom is 0.290 e. The standard InChI is InChI=1S/C19H17N3O4/c1-21-6-5-14(20-21)18-13-10-17-16(25-11-26-17)9-12(13)4-7-22(18)19(23)15-3-2-8-24-15/h2-3,5-6,8-10,18H,4,7,11H2,1H3/t18-/m0/s1. The van der Waals surface area contributed by atoms with Gasteiger partial charge in [0.05, 0.1) is 12.0 Å². The van der Waals surface area contributed by atoms with Crippen LogP contribution in [-0.4, -0.2) is 33.9 Å². The zero-order valence-electron chi connectivity index (χ0n) is 14.2. The Labute approximate surface area is 149 Å². The number of ether oxygens (including phenoxy) is 2. The average Bonchev–Trinajstić information content (AvgIpc) is 3.39. The van der Waals surface area contributed by atoms with Crippen molar-refractivity contribution in [2.24, 2.45) is 7.05 Å². The Hall–Kier alpha value is -3.22. The molecule has 0 aliphatic carbocycles. The van der Waals surface area contributed by atoms with Gasteiger partial charge in [-0.2, -0.15) is 5.10 Å². The minimum Gasteiger partial charge on any atom is -0.459 e. The van der Waals surface area contributed by atoms with Crippen molar-refractivity contribution < 1.29 is 18.7 Å². The zero-order valence-corrected chi connectivity index (χ0v) is 14.2. The second-order valence-corrected chi connectivity index (χ2v) is 6.45. The molecule has 7 heteroatoms. The Kier molecular flexibility index (Phi) is 3.28. The summed E-state index contributed by atoms with van der Waals surface area (Å²) in [6.45, 7) is 0.801. The molecule has 0 fully saturated rings. The number of benzene rings is 1. The Balaban J connectivity index is 1.64. The van der Waals surface area contributed by atoms with E-state index in [-0.39, 0.29) is 18.7 Å². The highest BCUT2D eigenvalue weighted by Crippen LogP contribution is 2.42. The summed E-state index contributed by atoms with van der Waals surface area (Å²) >= 11 is 0. The predicted octanol–water partition coefficient (Wildman–Crippen LogP) is 2.53. The minimum absolute atomic E-state index is 0.144. The SMILES string of the molecule is Cn1ccc([C@@H]2c3cc4c(cc3CCN2C(=O)c2ccco2)OCO4)n1. The van der Waals surface area contributed by atoms with Gasteiger partial charge in [0.15, 0.2) is 17.3 Å². The van der Waals surface area contributed by atoms with Crippen LogP contribution in [0.15, 0.2) is 47.2 Å². The number of furan rings is 1. The molecule has 4 heterocycles. The fraction of sp³-hybridized carbons (Fsp3) is 0.263. The molecule has 2 aliphatic heterocycles. The van der Waals surface area contributed by atoms with E-state index in [1.165, 1.54) is 6.26 Å². The number of aromatic nitrogens is 2. The van der Waals surface area contributed by atoms with E-state index in [0.717, 1.165) is 29.0 Å². The molecule has 0 spiro atoms. The molecule has 0 radical (unpaired) electrons. The van der Waals surface area contributed by atoms with Crippen LogP contribution in [0.5, 0.6) is 11.5 Å². The van der Waals surface area contributed by atoms with Crippen molar-refractivity contribution in [3.8, 4) is 11.5 Å². The van der Waals surface area contributed by atoms with Gasteiger partial charge < -0.3 is 18.8 Å². The summed E-state index contributed by atoms with van der Waals surface area (Å²) in [4.78, 5) is 14.8. The van der Waals surface area contributed by atoms with Gasteiger partial charge in [0.1, 0.15) is 6.04 Å². The minimum atomic E-state index is -0.299. The summed E-state index contributed by atoms with van der Waals surface area (Å²) in [5.41, 5.74) is 2.97. The molecule has 2 aromatic heterocycles. The third-order valence-corrected chi connectivity index (χ3v) is 4.87. The lowest BCUT2D eigenvalue weighted by molar-refractivity contribution is 0.0658. The first-order chi connectivity index (χ1) is 12.7. The van der Waals surface area contributed by atoms with E-state index in [0.29, 0.717) is 18.1 Å². The van der Waals surface area contributed by atoms with E-state index in [1.807, 2.05) is 36.3 Å². The number of hydrogen-bond acceptors (Lipinski definition) is 5. The number of rotatable bonds is 2. The Bertz CT molecular complexity index is 977. The van der Waals surface area contributed by atoms with Gasteiger partial charge in [-0.25, -0.2) is 0 Å². The van der Waals surface area contributed by atoms with Gasteiger partial charge in [0, 0.05) is 19.8 Å². The first kappa shape index (κ1) is 15.1. The highest BCUT2D eigenvalue weighted by molar-refractivity contribution is 5.92. The van der Waals surface area contributed by atoms with Gasteiger partial charge >= 0.3 is 0 Å². The number of aryl methyl sites for hydroxylation is 1. The molecule has 0 saturated carbocycles. The molecule has 0 bridgehead atoms. The fourth-order valence-electron chi connectivity index (χ4n) is 3.67. The topological polar surface area (TPSA) is 69.7 Å². The maximum absolute atomic E-state index is 13.0. The lowest BCUT2D eigenvalue weighted by Gasteiger charge is -2.36. The molecule has 0 N–H and O–H groups in total. The predicted molar refractivity (Wildman–Crippen MR) is 91.1 cm³/mol. The average molecular weight is 351 g/mol. The summed E-state index contributed by atoms with van der Waals surface area (Å²) in [5.74, 6) is 1.65. The molecular weight excluding hydrogens is 334 g/mol. The molecule has 3 aromatic rings. The lowest BCUT2D eigenvalue weighted by atomic mass is 9.90. The van der Waals surface area contributed by atoms with Crippen molar-refractivity contribution in [3.63, 3.8) is 0 Å². The van der Waals surface area contributed by atoms with Crippen LogP contribution in [-0.2, 0) is 13.5 Å². The number of amides is 1. The van der Waals surface area contributed by atoms with Gasteiger partial charge in [-0.1, -0.05) is 0 Å². The van der Waals surface area contributed by atoms with Crippen LogP contribution in [0.3, 0.4) is 0 Å². The summed E-state index contributed by atoms with van der Waals surface area (Å²) < 4.78 is 18.1. The molecule has 5 rings (SSSR count). The number of fused-ring (bicyclic) bond motifs is 2. The Morgan fingerprint density at radius 1 is 1.23 bits per heavy atom. The van der Waals surface area contributed by atoms with E-state index >= 15 is 0 Å². The third kappa shape index (κ3) is 2.28. The first-order valence-corrected chi connectivity index (χ1v) is 8.47. The number of nitrogens with zero attached hydrogens (tertiary/aromatic N) is 3. The molecule has 1 amide bonds. The van der Waals surface area contributed by atoms with Crippen molar-refractivity contribution in [3.05, 3.63) is 65.4 Å². The van der Waals surface area contributed by atoms with Crippen LogP contribution in [0.2, 0.25) is 0 Å². The second kappa shape index (κ2) is 5.66. The Morgan fingerprint density at radius 2 is 2.08 bits per heavy atom. The van der Waals surface area contributed by atoms with E-state index in [2.05, 4.69) is 5.10 Å². The van der Waals surface area contributed by atoms with E-state index in [9.17, 15) is 4.79 Å². The number of hydrogen-bond donors (Lipinski definition) is 0. The van der Waals surface area contributed by atoms with Crippen LogP contribution in [0.25, 0.3) is 0 Å². The van der Waals surface area contributed by atoms with Crippen molar-refractivity contribution in [1.29, 1.82) is 0 Å². The molecule has 1 atom stereocenters. The van der Waals surface area contributed by atoms with Gasteiger partial charge in [0.25, 0.3) is 5.91 Å². The van der Waals surface area contributed by atoms with Crippen molar-refractivity contribution in [1.82, 2.24) is 14.7 Å². The van der Waals surface area contributed by atoms with E-state index < -0.39 is 0 Å². The molecule has 0 saturated heterocycles. The van der Waals surface area contributed by atoms with Crippen molar-refractivity contribution in [2.75, 3.05) is 13.3 Å². The molecule has 26 heavy (non-hydrogen) atoms. The highest BCUT2D eigenvalue weighted by atomic mass is 16.7. The molecule has 1 aromatic carbocycles. The summed E-state index contributed by atoms with van der Waals surface area (Å²) in [6.07, 6.45) is 4.13. The van der Waals surface area contributed by atoms with Crippen molar-refractivity contribution in [2.45, 2.75) is 12.5 Å². The lowest BCUT2D eigenvalue weighted by Crippen LogP contribution is -2.40. The quantitative estimate of drug-likeness (QED) is 0.710. The monoisotopic (exact) mass is 351 g/mol. The summed E-state index contributed by atoms with van der Waals surface area (Å²) in [7, 11) is 1.87. The summed E-state index contributed by atoms with van der Waals surface area (Å²) in [6, 6.07) is 9.03. The molecule has 7 nitrogen and oxygen atoms in total. The molecule has 2 aliphatic rings. The molecule has 132 valence electrons. The fourth-order valence-corrected chi connectivity index (χ4v) is 3.67. The van der Waals surface area contributed by atoms with Crippen LogP contribution in [0.4, 0.5) is 0 Å². The number of carbonyl (C=O) groups is 1. The normalized spacial score (nSPS) is 18.0. The van der Waals surface area contributed by atoms with Gasteiger partial charge in [-0.3, -0.25) is 9.48 Å².